The largest absolute Gasteiger partial charge is 0.326 e. The third-order valence-corrected chi connectivity index (χ3v) is 3.85. The fourth-order valence-electron chi connectivity index (χ4n) is 2.51. The summed E-state index contributed by atoms with van der Waals surface area (Å²) in [4.78, 5) is 32.4. The molecule has 7 heteroatoms. The zero-order valence-electron chi connectivity index (χ0n) is 14.6. The second kappa shape index (κ2) is 6.87. The maximum absolute atomic E-state index is 13.9. The van der Waals surface area contributed by atoms with E-state index < -0.39 is 11.7 Å². The number of benzene rings is 2. The van der Waals surface area contributed by atoms with Crippen molar-refractivity contribution in [1.82, 2.24) is 9.97 Å². The van der Waals surface area contributed by atoms with E-state index in [1.165, 1.54) is 13.0 Å². The number of hydrogen-bond acceptors (Lipinski definition) is 4. The van der Waals surface area contributed by atoms with Gasteiger partial charge in [-0.3, -0.25) is 9.59 Å². The van der Waals surface area contributed by atoms with Crippen molar-refractivity contribution in [3.63, 3.8) is 0 Å². The van der Waals surface area contributed by atoms with E-state index in [0.717, 1.165) is 6.07 Å². The first-order valence-corrected chi connectivity index (χ1v) is 7.97. The molecule has 2 aromatic carbocycles. The van der Waals surface area contributed by atoms with Gasteiger partial charge in [-0.1, -0.05) is 0 Å². The lowest BCUT2D eigenvalue weighted by molar-refractivity contribution is -0.114. The van der Waals surface area contributed by atoms with Gasteiger partial charge in [0, 0.05) is 24.4 Å². The Morgan fingerprint density at radius 2 is 1.50 bits per heavy atom. The van der Waals surface area contributed by atoms with Crippen LogP contribution in [-0.4, -0.2) is 21.8 Å². The monoisotopic (exact) mass is 352 g/mol. The van der Waals surface area contributed by atoms with Crippen molar-refractivity contribution in [3.05, 3.63) is 59.2 Å². The van der Waals surface area contributed by atoms with E-state index in [-0.39, 0.29) is 11.5 Å². The second-order valence-electron chi connectivity index (χ2n) is 5.93. The standard InChI is InChI=1S/C19H17FN4O2/c1-10-11(2)22-18-16(8-13(20)9-17(18)21-10)19(26)24-15-6-4-14(5-7-15)23-12(3)25/h4-9H,1-3H3,(H,23,25)(H,24,26). The Balaban J connectivity index is 1.92. The Bertz CT molecular complexity index is 1020. The van der Waals surface area contributed by atoms with Crippen molar-refractivity contribution in [3.8, 4) is 0 Å². The normalized spacial score (nSPS) is 10.6. The molecule has 6 nitrogen and oxygen atoms in total. The molecule has 0 spiro atoms. The van der Waals surface area contributed by atoms with Crippen LogP contribution in [0.1, 0.15) is 28.7 Å². The molecule has 132 valence electrons. The maximum Gasteiger partial charge on any atom is 0.258 e. The van der Waals surface area contributed by atoms with Crippen molar-refractivity contribution in [2.45, 2.75) is 20.8 Å². The molecule has 1 heterocycles. The van der Waals surface area contributed by atoms with E-state index in [2.05, 4.69) is 20.6 Å². The van der Waals surface area contributed by atoms with Gasteiger partial charge in [-0.15, -0.1) is 0 Å². The lowest BCUT2D eigenvalue weighted by Gasteiger charge is -2.10. The molecule has 0 aliphatic rings. The van der Waals surface area contributed by atoms with Crippen LogP contribution in [0.4, 0.5) is 15.8 Å². The van der Waals surface area contributed by atoms with Crippen LogP contribution in [0.2, 0.25) is 0 Å². The van der Waals surface area contributed by atoms with Gasteiger partial charge in [0.15, 0.2) is 0 Å². The maximum atomic E-state index is 13.9. The van der Waals surface area contributed by atoms with Gasteiger partial charge in [-0.25, -0.2) is 14.4 Å². The van der Waals surface area contributed by atoms with Gasteiger partial charge < -0.3 is 10.6 Å². The van der Waals surface area contributed by atoms with E-state index >= 15 is 0 Å². The van der Waals surface area contributed by atoms with Crippen LogP contribution in [-0.2, 0) is 4.79 Å². The molecule has 0 aliphatic heterocycles. The van der Waals surface area contributed by atoms with E-state index in [1.54, 1.807) is 38.1 Å². The molecule has 0 saturated carbocycles. The molecule has 3 aromatic rings. The quantitative estimate of drug-likeness (QED) is 0.754. The molecule has 0 aliphatic carbocycles. The second-order valence-corrected chi connectivity index (χ2v) is 5.93. The van der Waals surface area contributed by atoms with Crippen LogP contribution in [0.3, 0.4) is 0 Å². The first-order valence-electron chi connectivity index (χ1n) is 7.97. The minimum absolute atomic E-state index is 0.113. The topological polar surface area (TPSA) is 84.0 Å². The minimum Gasteiger partial charge on any atom is -0.326 e. The summed E-state index contributed by atoms with van der Waals surface area (Å²) in [5.41, 5.74) is 3.28. The van der Waals surface area contributed by atoms with Crippen LogP contribution in [0, 0.1) is 19.7 Å². The lowest BCUT2D eigenvalue weighted by atomic mass is 10.1. The number of rotatable bonds is 3. The number of fused-ring (bicyclic) bond motifs is 1. The number of carbonyl (C=O) groups excluding carboxylic acids is 2. The van der Waals surface area contributed by atoms with Crippen LogP contribution in [0.5, 0.6) is 0 Å². The summed E-state index contributed by atoms with van der Waals surface area (Å²) in [6.07, 6.45) is 0. The van der Waals surface area contributed by atoms with Crippen LogP contribution in [0.15, 0.2) is 36.4 Å². The zero-order valence-corrected chi connectivity index (χ0v) is 14.6. The molecule has 0 fully saturated rings. The van der Waals surface area contributed by atoms with Gasteiger partial charge in [0.25, 0.3) is 5.91 Å². The summed E-state index contributed by atoms with van der Waals surface area (Å²) >= 11 is 0. The lowest BCUT2D eigenvalue weighted by Crippen LogP contribution is -2.14. The predicted molar refractivity (Wildman–Crippen MR) is 97.7 cm³/mol. The van der Waals surface area contributed by atoms with Crippen molar-refractivity contribution in [1.29, 1.82) is 0 Å². The molecule has 26 heavy (non-hydrogen) atoms. The molecule has 0 unspecified atom stereocenters. The first kappa shape index (κ1) is 17.5. The Morgan fingerprint density at radius 3 is 2.12 bits per heavy atom. The highest BCUT2D eigenvalue weighted by atomic mass is 19.1. The fraction of sp³-hybridized carbons (Fsp3) is 0.158. The van der Waals surface area contributed by atoms with E-state index in [4.69, 9.17) is 0 Å². The number of carbonyl (C=O) groups is 2. The number of hydrogen-bond donors (Lipinski definition) is 2. The van der Waals surface area contributed by atoms with Gasteiger partial charge in [-0.05, 0) is 44.2 Å². The first-order chi connectivity index (χ1) is 12.3. The van der Waals surface area contributed by atoms with E-state index in [0.29, 0.717) is 33.8 Å². The number of anilines is 2. The van der Waals surface area contributed by atoms with Gasteiger partial charge in [0.2, 0.25) is 5.91 Å². The molecule has 0 radical (unpaired) electrons. The average Bonchev–Trinajstić information content (AvgIpc) is 2.57. The zero-order chi connectivity index (χ0) is 18.8. The predicted octanol–water partition coefficient (Wildman–Crippen LogP) is 3.60. The summed E-state index contributed by atoms with van der Waals surface area (Å²) in [5.74, 6) is -1.22. The van der Waals surface area contributed by atoms with Crippen molar-refractivity contribution in [2.24, 2.45) is 0 Å². The van der Waals surface area contributed by atoms with Crippen molar-refractivity contribution >= 4 is 34.2 Å². The fourth-order valence-corrected chi connectivity index (χ4v) is 2.51. The molecule has 0 bridgehead atoms. The number of nitrogens with zero attached hydrogens (tertiary/aromatic N) is 2. The molecule has 0 saturated heterocycles. The summed E-state index contributed by atoms with van der Waals surface area (Å²) in [7, 11) is 0. The highest BCUT2D eigenvalue weighted by Gasteiger charge is 2.16. The Labute approximate surface area is 149 Å². The molecular weight excluding hydrogens is 335 g/mol. The van der Waals surface area contributed by atoms with E-state index in [9.17, 15) is 14.0 Å². The molecule has 1 aromatic heterocycles. The summed E-state index contributed by atoms with van der Waals surface area (Å²) in [6.45, 7) is 4.98. The molecule has 2 N–H and O–H groups in total. The highest BCUT2D eigenvalue weighted by Crippen LogP contribution is 2.21. The summed E-state index contributed by atoms with van der Waals surface area (Å²) in [5, 5.41) is 5.35. The SMILES string of the molecule is CC(=O)Nc1ccc(NC(=O)c2cc(F)cc3nc(C)c(C)nc23)cc1. The van der Waals surface area contributed by atoms with Gasteiger partial charge >= 0.3 is 0 Å². The van der Waals surface area contributed by atoms with Gasteiger partial charge in [0.1, 0.15) is 11.3 Å². The minimum atomic E-state index is -0.554. The summed E-state index contributed by atoms with van der Waals surface area (Å²) in [6, 6.07) is 9.01. The number of amides is 2. The molecule has 2 amide bonds. The molecule has 0 atom stereocenters. The van der Waals surface area contributed by atoms with Crippen molar-refractivity contribution < 1.29 is 14.0 Å². The van der Waals surface area contributed by atoms with Crippen LogP contribution in [0.25, 0.3) is 11.0 Å². The number of halogens is 1. The molecular formula is C19H17FN4O2. The Morgan fingerprint density at radius 1 is 0.923 bits per heavy atom. The third-order valence-electron chi connectivity index (χ3n) is 3.85. The van der Waals surface area contributed by atoms with Crippen LogP contribution >= 0.6 is 0 Å². The van der Waals surface area contributed by atoms with Gasteiger partial charge in [-0.2, -0.15) is 0 Å². The van der Waals surface area contributed by atoms with Crippen LogP contribution < -0.4 is 10.6 Å². The van der Waals surface area contributed by atoms with E-state index in [1.807, 2.05) is 0 Å². The van der Waals surface area contributed by atoms with Gasteiger partial charge in [0.05, 0.1) is 22.5 Å². The summed E-state index contributed by atoms with van der Waals surface area (Å²) < 4.78 is 13.9. The Kier molecular flexibility index (Phi) is 4.62. The molecule has 3 rings (SSSR count). The number of nitrogens with one attached hydrogen (secondary N) is 2. The average molecular weight is 352 g/mol. The highest BCUT2D eigenvalue weighted by molar-refractivity contribution is 6.11. The Hall–Kier alpha value is -3.35. The number of aromatic nitrogens is 2. The smallest absolute Gasteiger partial charge is 0.258 e. The van der Waals surface area contributed by atoms with Crippen molar-refractivity contribution in [2.75, 3.05) is 10.6 Å². The third kappa shape index (κ3) is 3.66. The number of aryl methyl sites for hydroxylation is 2.